The van der Waals surface area contributed by atoms with Gasteiger partial charge in [0.15, 0.2) is 11.6 Å². The zero-order chi connectivity index (χ0) is 22.4. The highest BCUT2D eigenvalue weighted by Gasteiger charge is 2.72. The molecule has 0 aromatic carbocycles. The number of β-lactam (4-membered cyclic amide) rings is 1. The number of esters is 3. The summed E-state index contributed by atoms with van der Waals surface area (Å²) >= 11 is 0. The standard InChI is InChI=1S/C19H24N2O9/c1-19(18(26)30-5)11(17(25)29-4)10(16(24)28-3)12-13-14(27-2)15(23)20(13)8-6-7-9(22)21(12)19/h6-7,10-14H,8H2,1-5H3/b7-6-/t10-,11+,12+,13-,14+,19-/m0/s1. The van der Waals surface area contributed by atoms with Crippen molar-refractivity contribution in [2.45, 2.75) is 30.7 Å². The molecule has 0 unspecified atom stereocenters. The van der Waals surface area contributed by atoms with Gasteiger partial charge in [0.25, 0.3) is 5.91 Å². The van der Waals surface area contributed by atoms with Crippen LogP contribution in [0.5, 0.6) is 0 Å². The Hall–Kier alpha value is -2.95. The molecule has 6 atom stereocenters. The van der Waals surface area contributed by atoms with E-state index in [2.05, 4.69) is 0 Å². The third kappa shape index (κ3) is 2.72. The fourth-order valence-electron chi connectivity index (χ4n) is 4.96. The van der Waals surface area contributed by atoms with Crippen LogP contribution < -0.4 is 0 Å². The van der Waals surface area contributed by atoms with Crippen LogP contribution in [0.1, 0.15) is 6.92 Å². The molecule has 0 aromatic heterocycles. The molecule has 3 heterocycles. The molecule has 0 N–H and O–H groups in total. The van der Waals surface area contributed by atoms with Gasteiger partial charge in [-0.2, -0.15) is 0 Å². The summed E-state index contributed by atoms with van der Waals surface area (Å²) in [5.41, 5.74) is -1.88. The number of rotatable bonds is 4. The Balaban J connectivity index is 2.29. The Morgan fingerprint density at radius 3 is 2.17 bits per heavy atom. The second-order valence-corrected chi connectivity index (χ2v) is 7.43. The van der Waals surface area contributed by atoms with E-state index < -0.39 is 59.4 Å². The maximum Gasteiger partial charge on any atom is 0.332 e. The molecule has 3 aliphatic heterocycles. The number of fused-ring (bicyclic) bond motifs is 3. The maximum absolute atomic E-state index is 13.1. The van der Waals surface area contributed by atoms with Crippen LogP contribution in [0.3, 0.4) is 0 Å². The number of ether oxygens (including phenoxy) is 4. The van der Waals surface area contributed by atoms with Gasteiger partial charge in [0.1, 0.15) is 5.92 Å². The SMILES string of the molecule is COC(=O)[C@@H]1[C@@H]2[C@H]3[C@@H](OC)C(=O)N3C/C=C\C(=O)N2[C@](C)(C(=O)OC)[C@H]1C(=O)OC. The summed E-state index contributed by atoms with van der Waals surface area (Å²) in [7, 11) is 4.70. The van der Waals surface area contributed by atoms with Crippen molar-refractivity contribution in [3.63, 3.8) is 0 Å². The van der Waals surface area contributed by atoms with Crippen LogP contribution in [0.25, 0.3) is 0 Å². The summed E-state index contributed by atoms with van der Waals surface area (Å²) in [5.74, 6) is -6.25. The molecule has 164 valence electrons. The maximum atomic E-state index is 13.1. The van der Waals surface area contributed by atoms with Crippen molar-refractivity contribution < 1.29 is 42.9 Å². The minimum absolute atomic E-state index is 0.116. The molecule has 0 bridgehead atoms. The van der Waals surface area contributed by atoms with E-state index in [0.29, 0.717) is 0 Å². The lowest BCUT2D eigenvalue weighted by molar-refractivity contribution is -0.182. The van der Waals surface area contributed by atoms with E-state index in [4.69, 9.17) is 18.9 Å². The average Bonchev–Trinajstić information content (AvgIpc) is 3.00. The van der Waals surface area contributed by atoms with Gasteiger partial charge in [-0.1, -0.05) is 6.08 Å². The lowest BCUT2D eigenvalue weighted by atomic mass is 9.76. The molecule has 3 aliphatic rings. The van der Waals surface area contributed by atoms with Crippen molar-refractivity contribution >= 4 is 29.7 Å². The van der Waals surface area contributed by atoms with Crippen molar-refractivity contribution in [2.24, 2.45) is 11.8 Å². The number of hydrogen-bond donors (Lipinski definition) is 0. The van der Waals surface area contributed by atoms with Crippen LogP contribution in [-0.2, 0) is 42.9 Å². The zero-order valence-electron chi connectivity index (χ0n) is 17.3. The van der Waals surface area contributed by atoms with Gasteiger partial charge < -0.3 is 28.7 Å². The minimum Gasteiger partial charge on any atom is -0.469 e. The Bertz CT molecular complexity index is 825. The summed E-state index contributed by atoms with van der Waals surface area (Å²) < 4.78 is 20.0. The van der Waals surface area contributed by atoms with E-state index in [9.17, 15) is 24.0 Å². The van der Waals surface area contributed by atoms with Gasteiger partial charge in [0.2, 0.25) is 5.91 Å². The van der Waals surface area contributed by atoms with Gasteiger partial charge in [-0.05, 0) is 6.92 Å². The van der Waals surface area contributed by atoms with Crippen LogP contribution in [0.4, 0.5) is 0 Å². The lowest BCUT2D eigenvalue weighted by Crippen LogP contribution is -2.74. The molecule has 11 nitrogen and oxygen atoms in total. The summed E-state index contributed by atoms with van der Waals surface area (Å²) in [6, 6.07) is -1.86. The Kier molecular flexibility index (Phi) is 5.59. The number of nitrogens with zero attached hydrogens (tertiary/aromatic N) is 2. The predicted octanol–water partition coefficient (Wildman–Crippen LogP) is -1.50. The molecule has 2 fully saturated rings. The van der Waals surface area contributed by atoms with E-state index in [-0.39, 0.29) is 12.5 Å². The first-order valence-electron chi connectivity index (χ1n) is 9.27. The monoisotopic (exact) mass is 424 g/mol. The van der Waals surface area contributed by atoms with E-state index in [1.165, 1.54) is 31.1 Å². The van der Waals surface area contributed by atoms with Gasteiger partial charge in [0.05, 0.1) is 39.3 Å². The smallest absolute Gasteiger partial charge is 0.332 e. The second-order valence-electron chi connectivity index (χ2n) is 7.43. The van der Waals surface area contributed by atoms with Gasteiger partial charge in [-0.15, -0.1) is 0 Å². The molecular weight excluding hydrogens is 400 g/mol. The fourth-order valence-corrected chi connectivity index (χ4v) is 4.96. The molecular formula is C19H24N2O9. The normalized spacial score (nSPS) is 36.0. The Morgan fingerprint density at radius 2 is 1.63 bits per heavy atom. The highest BCUT2D eigenvalue weighted by atomic mass is 16.5. The number of amides is 2. The van der Waals surface area contributed by atoms with Crippen LogP contribution in [-0.4, -0.2) is 98.2 Å². The van der Waals surface area contributed by atoms with Gasteiger partial charge >= 0.3 is 17.9 Å². The third-order valence-corrected chi connectivity index (χ3v) is 6.26. The minimum atomic E-state index is -1.88. The molecule has 11 heteroatoms. The van der Waals surface area contributed by atoms with E-state index in [1.807, 2.05) is 0 Å². The van der Waals surface area contributed by atoms with Crippen LogP contribution in [0.2, 0.25) is 0 Å². The van der Waals surface area contributed by atoms with Crippen LogP contribution >= 0.6 is 0 Å². The molecule has 2 saturated heterocycles. The lowest BCUT2D eigenvalue weighted by Gasteiger charge is -2.52. The molecule has 0 aromatic rings. The van der Waals surface area contributed by atoms with Crippen molar-refractivity contribution in [3.8, 4) is 0 Å². The Labute approximate surface area is 172 Å². The predicted molar refractivity (Wildman–Crippen MR) is 97.5 cm³/mol. The number of carbonyl (C=O) groups is 5. The van der Waals surface area contributed by atoms with Crippen molar-refractivity contribution in [1.29, 1.82) is 0 Å². The van der Waals surface area contributed by atoms with Gasteiger partial charge in [-0.25, -0.2) is 4.79 Å². The van der Waals surface area contributed by atoms with Crippen LogP contribution in [0, 0.1) is 11.8 Å². The number of carbonyl (C=O) groups excluding carboxylic acids is 5. The van der Waals surface area contributed by atoms with Gasteiger partial charge in [0, 0.05) is 19.7 Å². The van der Waals surface area contributed by atoms with Crippen molar-refractivity contribution in [2.75, 3.05) is 35.0 Å². The number of methoxy groups -OCH3 is 4. The van der Waals surface area contributed by atoms with Gasteiger partial charge in [-0.3, -0.25) is 19.2 Å². The molecule has 2 amide bonds. The molecule has 30 heavy (non-hydrogen) atoms. The average molecular weight is 424 g/mol. The highest BCUT2D eigenvalue weighted by Crippen LogP contribution is 2.50. The summed E-state index contributed by atoms with van der Waals surface area (Å²) in [6.45, 7) is 1.46. The quantitative estimate of drug-likeness (QED) is 0.301. The zero-order valence-corrected chi connectivity index (χ0v) is 17.3. The first kappa shape index (κ1) is 21.8. The summed E-state index contributed by atoms with van der Waals surface area (Å²) in [5, 5.41) is 0. The largest absolute Gasteiger partial charge is 0.469 e. The third-order valence-electron chi connectivity index (χ3n) is 6.26. The summed E-state index contributed by atoms with van der Waals surface area (Å²) in [6.07, 6.45) is 1.72. The summed E-state index contributed by atoms with van der Waals surface area (Å²) in [4.78, 5) is 66.8. The first-order valence-corrected chi connectivity index (χ1v) is 9.27. The second kappa shape index (κ2) is 7.71. The van der Waals surface area contributed by atoms with E-state index in [1.54, 1.807) is 0 Å². The van der Waals surface area contributed by atoms with E-state index >= 15 is 0 Å². The first-order chi connectivity index (χ1) is 14.2. The van der Waals surface area contributed by atoms with E-state index in [0.717, 1.165) is 26.2 Å². The number of hydrogen-bond acceptors (Lipinski definition) is 9. The van der Waals surface area contributed by atoms with Crippen molar-refractivity contribution in [3.05, 3.63) is 12.2 Å². The fraction of sp³-hybridized carbons (Fsp3) is 0.632. The molecule has 0 radical (unpaired) electrons. The molecule has 0 spiro atoms. The molecule has 3 rings (SSSR count). The molecule has 0 aliphatic carbocycles. The highest BCUT2D eigenvalue weighted by molar-refractivity contribution is 6.01. The Morgan fingerprint density at radius 1 is 1.00 bits per heavy atom. The van der Waals surface area contributed by atoms with Crippen molar-refractivity contribution in [1.82, 2.24) is 9.80 Å². The molecule has 0 saturated carbocycles. The topological polar surface area (TPSA) is 129 Å². The van der Waals surface area contributed by atoms with Crippen LogP contribution in [0.15, 0.2) is 12.2 Å².